The zero-order valence-corrected chi connectivity index (χ0v) is 16.6. The minimum Gasteiger partial charge on any atom is -0.876 e. The second kappa shape index (κ2) is 26.9. The molecule has 0 aliphatic heterocycles. The zero-order valence-electron chi connectivity index (χ0n) is 15.6. The first-order valence-corrected chi connectivity index (χ1v) is 6.95. The van der Waals surface area contributed by atoms with Gasteiger partial charge in [-0.15, -0.1) is 5.76 Å². The maximum atomic E-state index is 9.98. The van der Waals surface area contributed by atoms with Gasteiger partial charge < -0.3 is 35.0 Å². The van der Waals surface area contributed by atoms with Crippen LogP contribution < -0.4 is 10.2 Å². The number of aliphatic hydroxyl groups excluding tert-OH is 2. The van der Waals surface area contributed by atoms with E-state index in [-0.39, 0.29) is 41.2 Å². The molecule has 0 atom stereocenters. The standard InChI is InChI=1S/C5H8O2.2C4H11NO.C2H4O2.Ni/c1-4(6)3-5(2)7;2*1-5(2)3-4-6;1-2(3)4;/h3,6H,1-2H3;2*6H,3-4H2,1-2H3;1H3,(H,3,4);/q;;;;+2/p-2/b4-3-;;;;. The number of hydrogen-bond donors (Lipinski definition) is 2. The van der Waals surface area contributed by atoms with Crippen molar-refractivity contribution < 1.29 is 46.5 Å². The molecule has 8 nitrogen and oxygen atoms in total. The topological polar surface area (TPSA) is 127 Å². The summed E-state index contributed by atoms with van der Waals surface area (Å²) in [7, 11) is 7.71. The van der Waals surface area contributed by atoms with E-state index in [1.165, 1.54) is 13.8 Å². The Morgan fingerprint density at radius 1 is 0.875 bits per heavy atom. The SMILES string of the molecule is CC(=O)/C=C(/C)[O-].CC(=O)[O-].CN(C)CCO.CN(C)CCO.[Ni+2]. The molecule has 0 aliphatic carbocycles. The Kier molecular flexibility index (Phi) is 38.5. The molecule has 0 saturated heterocycles. The van der Waals surface area contributed by atoms with Crippen molar-refractivity contribution in [2.45, 2.75) is 20.8 Å². The van der Waals surface area contributed by atoms with Crippen LogP contribution in [0.5, 0.6) is 0 Å². The van der Waals surface area contributed by atoms with Crippen molar-refractivity contribution in [2.24, 2.45) is 0 Å². The second-order valence-electron chi connectivity index (χ2n) is 4.91. The smallest absolute Gasteiger partial charge is 0.876 e. The molecule has 0 rings (SSSR count). The number of carboxylic acid groups (broad SMARTS) is 1. The fourth-order valence-electron chi connectivity index (χ4n) is 0.686. The number of rotatable bonds is 5. The minimum absolute atomic E-state index is 0. The number of aliphatic hydroxyl groups is 2. The molecule has 0 unspecified atom stereocenters. The molecule has 0 aromatic carbocycles. The number of ketones is 1. The summed E-state index contributed by atoms with van der Waals surface area (Å²) < 4.78 is 0. The Morgan fingerprint density at radius 2 is 1.12 bits per heavy atom. The van der Waals surface area contributed by atoms with E-state index >= 15 is 0 Å². The molecule has 0 radical (unpaired) electrons. The van der Waals surface area contributed by atoms with E-state index in [1.807, 2.05) is 38.0 Å². The molecule has 0 aromatic heterocycles. The van der Waals surface area contributed by atoms with Crippen LogP contribution in [0.3, 0.4) is 0 Å². The number of carbonyl (C=O) groups excluding carboxylic acids is 2. The Balaban J connectivity index is -0.0000000670. The summed E-state index contributed by atoms with van der Waals surface area (Å²) in [6, 6.07) is 0. The summed E-state index contributed by atoms with van der Waals surface area (Å²) in [5.74, 6) is -1.46. The van der Waals surface area contributed by atoms with Gasteiger partial charge in [0.1, 0.15) is 0 Å². The Bertz CT molecular complexity index is 292. The van der Waals surface area contributed by atoms with E-state index in [0.717, 1.165) is 26.1 Å². The molecule has 0 spiro atoms. The number of likely N-dealkylation sites (N-methyl/N-ethyl adjacent to an activating group) is 2. The molecule has 0 heterocycles. The van der Waals surface area contributed by atoms with E-state index in [4.69, 9.17) is 20.1 Å². The van der Waals surface area contributed by atoms with E-state index < -0.39 is 5.97 Å². The van der Waals surface area contributed by atoms with Crippen molar-refractivity contribution in [1.82, 2.24) is 9.80 Å². The van der Waals surface area contributed by atoms with Crippen LogP contribution in [0.25, 0.3) is 0 Å². The first-order chi connectivity index (χ1) is 10.4. The minimum atomic E-state index is -1.08. The summed E-state index contributed by atoms with van der Waals surface area (Å²) in [5.41, 5.74) is 0. The first-order valence-electron chi connectivity index (χ1n) is 6.95. The number of allylic oxidation sites excluding steroid dienone is 2. The molecule has 0 saturated carbocycles. The third-order valence-corrected chi connectivity index (χ3v) is 1.50. The van der Waals surface area contributed by atoms with Crippen molar-refractivity contribution in [2.75, 3.05) is 54.5 Å². The molecule has 9 heteroatoms. The van der Waals surface area contributed by atoms with Crippen LogP contribution in [0.1, 0.15) is 20.8 Å². The molecular weight excluding hydrogens is 363 g/mol. The number of carbonyl (C=O) groups is 2. The van der Waals surface area contributed by atoms with Crippen molar-refractivity contribution in [1.29, 1.82) is 0 Å². The Hall–Kier alpha value is -0.986. The summed E-state index contributed by atoms with van der Waals surface area (Å²) in [5, 5.41) is 35.3. The molecule has 2 N–H and O–H groups in total. The van der Waals surface area contributed by atoms with Gasteiger partial charge in [0.2, 0.25) is 0 Å². The van der Waals surface area contributed by atoms with Gasteiger partial charge in [0.15, 0.2) is 5.78 Å². The predicted molar refractivity (Wildman–Crippen MR) is 86.4 cm³/mol. The molecule has 0 aromatic rings. The number of aliphatic carboxylic acids is 1. The quantitative estimate of drug-likeness (QED) is 0.302. The van der Waals surface area contributed by atoms with Crippen LogP contribution in [0, 0.1) is 0 Å². The van der Waals surface area contributed by atoms with Gasteiger partial charge in [-0.2, -0.15) is 0 Å². The fraction of sp³-hybridized carbons (Fsp3) is 0.733. The fourth-order valence-corrected chi connectivity index (χ4v) is 0.686. The van der Waals surface area contributed by atoms with Crippen LogP contribution in [-0.4, -0.2) is 86.3 Å². The van der Waals surface area contributed by atoms with Crippen LogP contribution in [0.2, 0.25) is 0 Å². The van der Waals surface area contributed by atoms with Crippen LogP contribution >= 0.6 is 0 Å². The monoisotopic (exact) mass is 394 g/mol. The summed E-state index contributed by atoms with van der Waals surface area (Å²) in [6.45, 7) is 5.71. The van der Waals surface area contributed by atoms with E-state index in [0.29, 0.717) is 0 Å². The van der Waals surface area contributed by atoms with E-state index in [9.17, 15) is 9.90 Å². The van der Waals surface area contributed by atoms with Gasteiger partial charge in [-0.1, -0.05) is 6.92 Å². The molecule has 148 valence electrons. The predicted octanol–water partition coefficient (Wildman–Crippen LogP) is -2.33. The average molecular weight is 395 g/mol. The van der Waals surface area contributed by atoms with Gasteiger partial charge in [0, 0.05) is 19.1 Å². The molecule has 24 heavy (non-hydrogen) atoms. The van der Waals surface area contributed by atoms with Crippen molar-refractivity contribution >= 4 is 11.8 Å². The average Bonchev–Trinajstić information content (AvgIpc) is 2.26. The Morgan fingerprint density at radius 3 is 1.12 bits per heavy atom. The molecule has 0 fully saturated rings. The summed E-state index contributed by atoms with van der Waals surface area (Å²) in [6.07, 6.45) is 1.06. The largest absolute Gasteiger partial charge is 2.00 e. The van der Waals surface area contributed by atoms with Crippen molar-refractivity contribution in [3.63, 3.8) is 0 Å². The van der Waals surface area contributed by atoms with Gasteiger partial charge >= 0.3 is 16.5 Å². The van der Waals surface area contributed by atoms with Crippen LogP contribution in [0.15, 0.2) is 11.8 Å². The van der Waals surface area contributed by atoms with Crippen LogP contribution in [-0.2, 0) is 26.1 Å². The van der Waals surface area contributed by atoms with Crippen molar-refractivity contribution in [3.8, 4) is 0 Å². The summed E-state index contributed by atoms with van der Waals surface area (Å²) >= 11 is 0. The second-order valence-corrected chi connectivity index (χ2v) is 4.91. The van der Waals surface area contributed by atoms with Gasteiger partial charge in [-0.25, -0.2) is 0 Å². The van der Waals surface area contributed by atoms with Crippen molar-refractivity contribution in [3.05, 3.63) is 11.8 Å². The van der Waals surface area contributed by atoms with Gasteiger partial charge in [0.05, 0.1) is 13.2 Å². The zero-order chi connectivity index (χ0) is 19.4. The van der Waals surface area contributed by atoms with E-state index in [2.05, 4.69) is 0 Å². The molecule has 0 aliphatic rings. The third-order valence-electron chi connectivity index (χ3n) is 1.50. The molecular formula is C15H32N2NiO6. The van der Waals surface area contributed by atoms with Gasteiger partial charge in [0.25, 0.3) is 0 Å². The maximum Gasteiger partial charge on any atom is 2.00 e. The van der Waals surface area contributed by atoms with Gasteiger partial charge in [-0.3, -0.25) is 4.79 Å². The normalized spacial score (nSPS) is 9.38. The molecule has 0 bridgehead atoms. The van der Waals surface area contributed by atoms with Crippen LogP contribution in [0.4, 0.5) is 0 Å². The Labute approximate surface area is 155 Å². The maximum absolute atomic E-state index is 9.98. The van der Waals surface area contributed by atoms with E-state index in [1.54, 1.807) is 0 Å². The van der Waals surface area contributed by atoms with Gasteiger partial charge in [-0.05, 0) is 48.1 Å². The number of carboxylic acids is 1. The molecule has 0 amide bonds. The first kappa shape index (κ1) is 34.4. The third kappa shape index (κ3) is 104. The number of nitrogens with zero attached hydrogens (tertiary/aromatic N) is 2. The summed E-state index contributed by atoms with van der Waals surface area (Å²) in [4.78, 5) is 22.7. The number of hydrogen-bond acceptors (Lipinski definition) is 8.